The zero-order chi connectivity index (χ0) is 16.0. The van der Waals surface area contributed by atoms with Gasteiger partial charge in [-0.3, -0.25) is 9.59 Å². The van der Waals surface area contributed by atoms with Crippen LogP contribution in [0.2, 0.25) is 0 Å². The van der Waals surface area contributed by atoms with E-state index in [1.807, 2.05) is 31.1 Å². The number of carboxylic acid groups (broad SMARTS) is 1. The second-order valence-electron chi connectivity index (χ2n) is 5.68. The van der Waals surface area contributed by atoms with Crippen molar-refractivity contribution in [2.75, 3.05) is 20.6 Å². The maximum Gasteiger partial charge on any atom is 0.306 e. The van der Waals surface area contributed by atoms with Crippen LogP contribution in [0.1, 0.15) is 29.3 Å². The van der Waals surface area contributed by atoms with Gasteiger partial charge in [0.2, 0.25) is 0 Å². The molecule has 1 atom stereocenters. The van der Waals surface area contributed by atoms with Crippen molar-refractivity contribution in [2.45, 2.75) is 25.5 Å². The first-order valence-corrected chi connectivity index (χ1v) is 6.66. The average molecular weight is 294 g/mol. The Morgan fingerprint density at radius 3 is 2.29 bits per heavy atom. The van der Waals surface area contributed by atoms with Crippen LogP contribution in [-0.2, 0) is 11.3 Å². The lowest BCUT2D eigenvalue weighted by molar-refractivity contribution is -0.141. The number of nitrogens with one attached hydrogen (secondary N) is 1. The number of benzene rings is 1. The second kappa shape index (κ2) is 7.19. The standard InChI is InChI=1S/C15H22N2O4/c1-15(21,8-13(18)19)10-16-14(20)12-6-4-11(5-7-12)9-17(2)3/h4-7,21H,8-10H2,1-3H3,(H,16,20)(H,18,19). The van der Waals surface area contributed by atoms with Crippen molar-refractivity contribution in [1.29, 1.82) is 0 Å². The van der Waals surface area contributed by atoms with Gasteiger partial charge in [-0.1, -0.05) is 12.1 Å². The van der Waals surface area contributed by atoms with Crippen LogP contribution < -0.4 is 5.32 Å². The summed E-state index contributed by atoms with van der Waals surface area (Å²) in [6.07, 6.45) is -0.422. The monoisotopic (exact) mass is 294 g/mol. The molecule has 0 fully saturated rings. The molecule has 0 aliphatic carbocycles. The number of hydrogen-bond donors (Lipinski definition) is 3. The van der Waals surface area contributed by atoms with E-state index in [4.69, 9.17) is 5.11 Å². The minimum Gasteiger partial charge on any atom is -0.481 e. The molecule has 0 saturated carbocycles. The predicted molar refractivity (Wildman–Crippen MR) is 79.0 cm³/mol. The van der Waals surface area contributed by atoms with Gasteiger partial charge in [-0.2, -0.15) is 0 Å². The van der Waals surface area contributed by atoms with Crippen LogP contribution in [0.3, 0.4) is 0 Å². The molecule has 0 spiro atoms. The number of nitrogens with zero attached hydrogens (tertiary/aromatic N) is 1. The Morgan fingerprint density at radius 1 is 1.24 bits per heavy atom. The molecule has 1 unspecified atom stereocenters. The van der Waals surface area contributed by atoms with Gasteiger partial charge >= 0.3 is 5.97 Å². The first kappa shape index (κ1) is 17.1. The van der Waals surface area contributed by atoms with Crippen molar-refractivity contribution >= 4 is 11.9 Å². The summed E-state index contributed by atoms with van der Waals surface area (Å²) in [4.78, 5) is 24.5. The number of amides is 1. The lowest BCUT2D eigenvalue weighted by atomic mass is 10.0. The fourth-order valence-corrected chi connectivity index (χ4v) is 1.89. The van der Waals surface area contributed by atoms with Gasteiger partial charge in [0.25, 0.3) is 5.91 Å². The topological polar surface area (TPSA) is 89.9 Å². The SMILES string of the molecule is CN(C)Cc1ccc(C(=O)NCC(C)(O)CC(=O)O)cc1. The maximum atomic E-state index is 11.9. The third kappa shape index (κ3) is 6.37. The molecule has 0 aromatic heterocycles. The summed E-state index contributed by atoms with van der Waals surface area (Å²) in [5.41, 5.74) is 0.102. The molecule has 1 amide bonds. The minimum atomic E-state index is -1.47. The number of aliphatic hydroxyl groups is 1. The Balaban J connectivity index is 2.58. The van der Waals surface area contributed by atoms with Crippen molar-refractivity contribution in [1.82, 2.24) is 10.2 Å². The highest BCUT2D eigenvalue weighted by Gasteiger charge is 2.24. The minimum absolute atomic E-state index is 0.114. The van der Waals surface area contributed by atoms with E-state index in [-0.39, 0.29) is 12.5 Å². The summed E-state index contributed by atoms with van der Waals surface area (Å²) in [7, 11) is 3.93. The van der Waals surface area contributed by atoms with E-state index in [1.54, 1.807) is 12.1 Å². The Hall–Kier alpha value is -1.92. The van der Waals surface area contributed by atoms with E-state index in [0.717, 1.165) is 12.1 Å². The first-order valence-electron chi connectivity index (χ1n) is 6.66. The Morgan fingerprint density at radius 2 is 1.81 bits per heavy atom. The third-order valence-electron chi connectivity index (χ3n) is 2.88. The van der Waals surface area contributed by atoms with E-state index >= 15 is 0 Å². The Labute approximate surface area is 124 Å². The number of carboxylic acids is 1. The van der Waals surface area contributed by atoms with Gasteiger partial charge < -0.3 is 20.4 Å². The van der Waals surface area contributed by atoms with E-state index < -0.39 is 18.0 Å². The van der Waals surface area contributed by atoms with Crippen LogP contribution in [-0.4, -0.2) is 53.2 Å². The van der Waals surface area contributed by atoms with E-state index in [2.05, 4.69) is 5.32 Å². The van der Waals surface area contributed by atoms with Crippen LogP contribution in [0.5, 0.6) is 0 Å². The van der Waals surface area contributed by atoms with E-state index in [0.29, 0.717) is 5.56 Å². The second-order valence-corrected chi connectivity index (χ2v) is 5.68. The highest BCUT2D eigenvalue weighted by Crippen LogP contribution is 2.09. The summed E-state index contributed by atoms with van der Waals surface area (Å²) in [6.45, 7) is 2.05. The number of hydrogen-bond acceptors (Lipinski definition) is 4. The fraction of sp³-hybridized carbons (Fsp3) is 0.467. The summed E-state index contributed by atoms with van der Waals surface area (Å²) in [5.74, 6) is -1.45. The van der Waals surface area contributed by atoms with Crippen molar-refractivity contribution in [3.05, 3.63) is 35.4 Å². The van der Waals surface area contributed by atoms with Crippen LogP contribution in [0.15, 0.2) is 24.3 Å². The zero-order valence-corrected chi connectivity index (χ0v) is 12.6. The lowest BCUT2D eigenvalue weighted by Crippen LogP contribution is -2.42. The molecular weight excluding hydrogens is 272 g/mol. The fourth-order valence-electron chi connectivity index (χ4n) is 1.89. The molecule has 6 heteroatoms. The maximum absolute atomic E-state index is 11.9. The third-order valence-corrected chi connectivity index (χ3v) is 2.88. The van der Waals surface area contributed by atoms with Crippen molar-refractivity contribution < 1.29 is 19.8 Å². The number of aliphatic carboxylic acids is 1. The molecule has 3 N–H and O–H groups in total. The van der Waals surface area contributed by atoms with Crippen molar-refractivity contribution in [3.63, 3.8) is 0 Å². The van der Waals surface area contributed by atoms with Gasteiger partial charge in [-0.15, -0.1) is 0 Å². The van der Waals surface area contributed by atoms with Crippen LogP contribution in [0.25, 0.3) is 0 Å². The Bertz CT molecular complexity index is 495. The molecule has 1 rings (SSSR count). The Kier molecular flexibility index (Phi) is 5.87. The van der Waals surface area contributed by atoms with Gasteiger partial charge in [-0.25, -0.2) is 0 Å². The van der Waals surface area contributed by atoms with Crippen LogP contribution >= 0.6 is 0 Å². The molecule has 0 aliphatic rings. The number of carbonyl (C=O) groups is 2. The molecule has 0 saturated heterocycles. The number of carbonyl (C=O) groups excluding carboxylic acids is 1. The van der Waals surface area contributed by atoms with E-state index in [9.17, 15) is 14.7 Å². The molecule has 6 nitrogen and oxygen atoms in total. The highest BCUT2D eigenvalue weighted by molar-refractivity contribution is 5.94. The van der Waals surface area contributed by atoms with Gasteiger partial charge in [0.15, 0.2) is 0 Å². The summed E-state index contributed by atoms with van der Waals surface area (Å²) < 4.78 is 0. The average Bonchev–Trinajstić information content (AvgIpc) is 2.34. The molecular formula is C15H22N2O4. The van der Waals surface area contributed by atoms with Gasteiger partial charge in [0.05, 0.1) is 12.0 Å². The lowest BCUT2D eigenvalue weighted by Gasteiger charge is -2.21. The molecule has 116 valence electrons. The predicted octanol–water partition coefficient (Wildman–Crippen LogP) is 0.704. The molecule has 0 radical (unpaired) electrons. The number of rotatable bonds is 7. The van der Waals surface area contributed by atoms with Crippen molar-refractivity contribution in [3.8, 4) is 0 Å². The highest BCUT2D eigenvalue weighted by atomic mass is 16.4. The first-order chi connectivity index (χ1) is 9.69. The van der Waals surface area contributed by atoms with Gasteiger partial charge in [-0.05, 0) is 38.7 Å². The summed E-state index contributed by atoms with van der Waals surface area (Å²) >= 11 is 0. The van der Waals surface area contributed by atoms with Crippen molar-refractivity contribution in [2.24, 2.45) is 0 Å². The molecule has 0 aliphatic heterocycles. The molecule has 0 heterocycles. The van der Waals surface area contributed by atoms with Gasteiger partial charge in [0, 0.05) is 18.7 Å². The largest absolute Gasteiger partial charge is 0.481 e. The molecule has 0 bridgehead atoms. The van der Waals surface area contributed by atoms with Gasteiger partial charge in [0.1, 0.15) is 0 Å². The van der Waals surface area contributed by atoms with E-state index in [1.165, 1.54) is 6.92 Å². The molecule has 1 aromatic rings. The summed E-state index contributed by atoms with van der Waals surface area (Å²) in [5, 5.41) is 21.0. The zero-order valence-electron chi connectivity index (χ0n) is 12.6. The van der Waals surface area contributed by atoms with Crippen LogP contribution in [0, 0.1) is 0 Å². The molecule has 21 heavy (non-hydrogen) atoms. The normalized spacial score (nSPS) is 13.8. The quantitative estimate of drug-likeness (QED) is 0.689. The van der Waals surface area contributed by atoms with Crippen LogP contribution in [0.4, 0.5) is 0 Å². The smallest absolute Gasteiger partial charge is 0.306 e. The summed E-state index contributed by atoms with van der Waals surface area (Å²) in [6, 6.07) is 7.15. The molecule has 1 aromatic carbocycles.